The Hall–Kier alpha value is -2.68. The van der Waals surface area contributed by atoms with E-state index in [2.05, 4.69) is 220 Å². The van der Waals surface area contributed by atoms with E-state index in [0.29, 0.717) is 0 Å². The number of hydrogen-bond donors (Lipinski definition) is 0. The van der Waals surface area contributed by atoms with Crippen LogP contribution in [0.2, 0.25) is 0 Å². The van der Waals surface area contributed by atoms with Crippen molar-refractivity contribution in [3.63, 3.8) is 0 Å². The molecule has 0 amide bonds. The maximum atomic E-state index is 5.58. The van der Waals surface area contributed by atoms with Crippen LogP contribution in [-0.4, -0.2) is 17.2 Å². The van der Waals surface area contributed by atoms with E-state index in [4.69, 9.17) is 9.97 Å². The fraction of sp³-hybridized carbons (Fsp3) is 0. The molecule has 2 aliphatic rings. The Balaban J connectivity index is 1.64. The van der Waals surface area contributed by atoms with Crippen molar-refractivity contribution in [3.8, 4) is 44.5 Å². The first-order valence-corrected chi connectivity index (χ1v) is 23.2. The zero-order valence-corrected chi connectivity index (χ0v) is 41.2. The van der Waals surface area contributed by atoms with E-state index in [9.17, 15) is 0 Å². The lowest BCUT2D eigenvalue weighted by Gasteiger charge is -2.10. The molecule has 7 aromatic rings. The first-order chi connectivity index (χ1) is 27.2. The molecule has 0 N–H and O–H groups in total. The van der Waals surface area contributed by atoms with Gasteiger partial charge in [0.05, 0.1) is 104 Å². The zero-order valence-electron chi connectivity index (χ0n) is 28.5. The van der Waals surface area contributed by atoms with Gasteiger partial charge in [0.2, 0.25) is 0 Å². The van der Waals surface area contributed by atoms with Crippen molar-refractivity contribution in [1.82, 2.24) is 17.2 Å². The normalized spacial score (nSPS) is 12.5. The Morgan fingerprint density at radius 1 is 0.339 bits per heavy atom. The highest BCUT2D eigenvalue weighted by atomic mass is 79.9. The molecule has 8 bridgehead atoms. The van der Waals surface area contributed by atoms with E-state index in [1.165, 1.54) is 0 Å². The number of halogens is 8. The molecule has 0 unspecified atom stereocenters. The van der Waals surface area contributed by atoms with E-state index in [-0.39, 0.29) is 0 Å². The summed E-state index contributed by atoms with van der Waals surface area (Å²) in [6.45, 7) is 0. The second kappa shape index (κ2) is 15.8. The van der Waals surface area contributed by atoms with Gasteiger partial charge in [-0.3, -0.25) is 7.19 Å². The maximum absolute atomic E-state index is 5.58. The molecule has 5 heterocycles. The summed E-state index contributed by atoms with van der Waals surface area (Å²) in [7, 11) is 0. The Kier molecular flexibility index (Phi) is 11.0. The molecule has 274 valence electrons. The minimum absolute atomic E-state index is 0.756. The van der Waals surface area contributed by atoms with Crippen LogP contribution in [0.3, 0.4) is 0 Å². The highest BCUT2D eigenvalue weighted by Gasteiger charge is 2.30. The van der Waals surface area contributed by atoms with Gasteiger partial charge in [0.15, 0.2) is 0 Å². The largest absolute Gasteiger partial charge is 0.273 e. The second-order valence-electron chi connectivity index (χ2n) is 12.8. The average Bonchev–Trinajstić information content (AvgIpc) is 3.93. The molecule has 0 saturated heterocycles. The molecule has 0 fully saturated rings. The van der Waals surface area contributed by atoms with Gasteiger partial charge in [-0.15, -0.1) is 0 Å². The Bertz CT molecular complexity index is 2780. The topological polar surface area (TPSA) is 35.6 Å². The molecule has 12 heteroatoms. The predicted molar refractivity (Wildman–Crippen MR) is 263 cm³/mol. The van der Waals surface area contributed by atoms with Gasteiger partial charge in [0.1, 0.15) is 0 Å². The Labute approximate surface area is 390 Å². The maximum Gasteiger partial charge on any atom is 0.0892 e. The molecule has 0 radical (unpaired) electrons. The second-order valence-corrected chi connectivity index (χ2v) is 19.0. The molecule has 0 spiro atoms. The van der Waals surface area contributed by atoms with Crippen LogP contribution in [-0.2, 0) is 0 Å². The summed E-state index contributed by atoms with van der Waals surface area (Å²) in [4.78, 5) is 11.1. The summed E-state index contributed by atoms with van der Waals surface area (Å²) in [5.74, 6) is 0. The summed E-state index contributed by atoms with van der Waals surface area (Å²) in [6, 6.07) is 41.4. The van der Waals surface area contributed by atoms with Gasteiger partial charge in [-0.1, -0.05) is 121 Å². The molecule has 4 aromatic carbocycles. The predicted octanol–water partition coefficient (Wildman–Crippen LogP) is 17.1. The van der Waals surface area contributed by atoms with Crippen LogP contribution in [0.1, 0.15) is 22.8 Å². The van der Waals surface area contributed by atoms with Crippen molar-refractivity contribution in [2.45, 2.75) is 0 Å². The van der Waals surface area contributed by atoms with Crippen molar-refractivity contribution >= 4 is 171 Å². The third kappa shape index (κ3) is 6.42. The third-order valence-corrected chi connectivity index (χ3v) is 17.3. The van der Waals surface area contributed by atoms with Crippen LogP contribution >= 0.6 is 128 Å². The monoisotopic (exact) mass is 1240 g/mol. The zero-order chi connectivity index (χ0) is 38.8. The number of aromatic nitrogens is 4. The van der Waals surface area contributed by atoms with Gasteiger partial charge in [0, 0.05) is 22.3 Å². The van der Waals surface area contributed by atoms with Gasteiger partial charge < -0.3 is 0 Å². The standard InChI is InChI=1S/C44H22Br8N4/c45-33-34(46)40-32(26-19-11-4-12-20-26)44-38(50)36(48)42(56(44)52)30(24-15-7-2-8-16-24)28-22-21-27(53-28)29(23-13-5-1-6-14-23)41-35(47)37(49)43(55(41)51)31(39(33)54-40)25-17-9-3-10-18-25/h1-22H. The van der Waals surface area contributed by atoms with Gasteiger partial charge in [-0.25, -0.2) is 9.97 Å². The van der Waals surface area contributed by atoms with Crippen molar-refractivity contribution in [2.24, 2.45) is 0 Å². The summed E-state index contributed by atoms with van der Waals surface area (Å²) in [6.07, 6.45) is 4.21. The molecule has 56 heavy (non-hydrogen) atoms. The Morgan fingerprint density at radius 3 is 0.911 bits per heavy atom. The summed E-state index contributed by atoms with van der Waals surface area (Å²) in [5.41, 5.74) is 14.3. The molecule has 0 aliphatic carbocycles. The van der Waals surface area contributed by atoms with Crippen LogP contribution in [0, 0.1) is 0 Å². The lowest BCUT2D eigenvalue weighted by atomic mass is 10.0. The van der Waals surface area contributed by atoms with E-state index >= 15 is 0 Å². The first-order valence-electron chi connectivity index (χ1n) is 17.1. The number of fused-ring (bicyclic) bond motifs is 8. The minimum atomic E-state index is 0.756. The van der Waals surface area contributed by atoms with E-state index < -0.39 is 0 Å². The molecule has 0 atom stereocenters. The molecule has 0 saturated carbocycles. The molecular formula is C44H22Br8N4. The van der Waals surface area contributed by atoms with Gasteiger partial charge in [-0.2, -0.15) is 0 Å². The Morgan fingerprint density at radius 2 is 0.607 bits per heavy atom. The SMILES string of the molecule is BrC1=C(Br)c2nc1c(-c1ccccc1)c1c(Br)c(Br)c(c(-c3ccccc3)c3nc(c(-c4ccccc4)c4c(Br)c(Br)c(c2-c2ccccc2)n4Br)C=C3)n1Br. The number of hydrogen-bond acceptors (Lipinski definition) is 2. The van der Waals surface area contributed by atoms with Gasteiger partial charge in [0.25, 0.3) is 0 Å². The molecule has 4 nitrogen and oxygen atoms in total. The van der Waals surface area contributed by atoms with E-state index in [0.717, 1.165) is 116 Å². The number of benzene rings is 4. The van der Waals surface area contributed by atoms with Crippen molar-refractivity contribution in [3.05, 3.63) is 162 Å². The smallest absolute Gasteiger partial charge is 0.0892 e. The lowest BCUT2D eigenvalue weighted by Crippen LogP contribution is -1.94. The van der Waals surface area contributed by atoms with E-state index in [1.54, 1.807) is 0 Å². The quantitative estimate of drug-likeness (QED) is 0.176. The number of nitrogens with zero attached hydrogens (tertiary/aromatic N) is 4. The highest BCUT2D eigenvalue weighted by molar-refractivity contribution is 9.18. The van der Waals surface area contributed by atoms with Crippen LogP contribution in [0.25, 0.3) is 87.7 Å². The highest BCUT2D eigenvalue weighted by Crippen LogP contribution is 2.52. The van der Waals surface area contributed by atoms with Crippen LogP contribution in [0.15, 0.2) is 139 Å². The van der Waals surface area contributed by atoms with Crippen molar-refractivity contribution in [1.29, 1.82) is 0 Å². The third-order valence-electron chi connectivity index (χ3n) is 9.66. The van der Waals surface area contributed by atoms with Crippen LogP contribution in [0.4, 0.5) is 0 Å². The van der Waals surface area contributed by atoms with Crippen molar-refractivity contribution in [2.75, 3.05) is 0 Å². The molecular weight excluding hydrogens is 1220 g/mol. The summed E-state index contributed by atoms with van der Waals surface area (Å²) >= 11 is 32.5. The molecule has 3 aromatic heterocycles. The molecule has 2 aliphatic heterocycles. The summed E-state index contributed by atoms with van der Waals surface area (Å²) < 4.78 is 9.19. The average molecular weight is 1250 g/mol. The fourth-order valence-corrected chi connectivity index (χ4v) is 12.8. The fourth-order valence-electron chi connectivity index (χ4n) is 7.21. The molecule has 9 rings (SSSR count). The first kappa shape index (κ1) is 38.8. The van der Waals surface area contributed by atoms with Gasteiger partial charge in [-0.05, 0) is 130 Å². The van der Waals surface area contributed by atoms with Crippen molar-refractivity contribution < 1.29 is 0 Å². The van der Waals surface area contributed by atoms with Crippen LogP contribution < -0.4 is 0 Å². The van der Waals surface area contributed by atoms with Gasteiger partial charge >= 0.3 is 0 Å². The number of rotatable bonds is 4. The van der Waals surface area contributed by atoms with E-state index in [1.807, 2.05) is 48.5 Å². The lowest BCUT2D eigenvalue weighted by molar-refractivity contribution is 1.30. The van der Waals surface area contributed by atoms with Crippen LogP contribution in [0.5, 0.6) is 0 Å². The summed E-state index contributed by atoms with van der Waals surface area (Å²) in [5, 5.41) is 0. The minimum Gasteiger partial charge on any atom is -0.273 e.